The molecule has 19 heavy (non-hydrogen) atoms. The minimum Gasteiger partial charge on any atom is -0.465 e. The van der Waals surface area contributed by atoms with Gasteiger partial charge in [0.25, 0.3) is 0 Å². The molecule has 0 aliphatic carbocycles. The Hall–Kier alpha value is -2.04. The van der Waals surface area contributed by atoms with Crippen LogP contribution >= 0.6 is 0 Å². The molecule has 1 aromatic rings. The smallest absolute Gasteiger partial charge is 0.405 e. The molecule has 1 aromatic carbocycles. The van der Waals surface area contributed by atoms with Crippen LogP contribution in [0.25, 0.3) is 0 Å². The molecule has 104 valence electrons. The van der Waals surface area contributed by atoms with E-state index in [9.17, 15) is 9.59 Å². The van der Waals surface area contributed by atoms with Crippen molar-refractivity contribution < 1.29 is 14.7 Å². The maximum atomic E-state index is 11.7. The SMILES string of the molecule is CC(CCc1ccccc1)NC(=O)C(C)NC(=O)O. The summed E-state index contributed by atoms with van der Waals surface area (Å²) in [5.41, 5.74) is 1.22. The Morgan fingerprint density at radius 3 is 2.37 bits per heavy atom. The molecule has 0 saturated carbocycles. The van der Waals surface area contributed by atoms with E-state index in [-0.39, 0.29) is 11.9 Å². The first-order valence-corrected chi connectivity index (χ1v) is 6.33. The van der Waals surface area contributed by atoms with Crippen LogP contribution in [0.4, 0.5) is 4.79 Å². The Balaban J connectivity index is 2.32. The van der Waals surface area contributed by atoms with Crippen LogP contribution in [-0.2, 0) is 11.2 Å². The number of carboxylic acid groups (broad SMARTS) is 1. The highest BCUT2D eigenvalue weighted by atomic mass is 16.4. The van der Waals surface area contributed by atoms with Gasteiger partial charge in [0.05, 0.1) is 0 Å². The highest BCUT2D eigenvalue weighted by Gasteiger charge is 2.16. The molecule has 5 nitrogen and oxygen atoms in total. The summed E-state index contributed by atoms with van der Waals surface area (Å²) in [6.45, 7) is 3.43. The normalized spacial score (nSPS) is 13.4. The molecular formula is C14H20N2O3. The van der Waals surface area contributed by atoms with E-state index < -0.39 is 12.1 Å². The molecule has 2 unspecified atom stereocenters. The summed E-state index contributed by atoms with van der Waals surface area (Å²) in [7, 11) is 0. The van der Waals surface area contributed by atoms with E-state index in [0.29, 0.717) is 0 Å². The fourth-order valence-corrected chi connectivity index (χ4v) is 1.72. The van der Waals surface area contributed by atoms with Crippen LogP contribution in [0.3, 0.4) is 0 Å². The first-order valence-electron chi connectivity index (χ1n) is 6.33. The Labute approximate surface area is 113 Å². The van der Waals surface area contributed by atoms with Crippen molar-refractivity contribution >= 4 is 12.0 Å². The quantitative estimate of drug-likeness (QED) is 0.733. The van der Waals surface area contributed by atoms with E-state index in [1.165, 1.54) is 12.5 Å². The number of nitrogens with one attached hydrogen (secondary N) is 2. The van der Waals surface area contributed by atoms with E-state index in [0.717, 1.165) is 12.8 Å². The number of hydrogen-bond acceptors (Lipinski definition) is 2. The van der Waals surface area contributed by atoms with E-state index in [2.05, 4.69) is 10.6 Å². The Bertz CT molecular complexity index is 420. The van der Waals surface area contributed by atoms with Crippen LogP contribution in [0.1, 0.15) is 25.8 Å². The second-order valence-corrected chi connectivity index (χ2v) is 4.61. The van der Waals surface area contributed by atoms with Gasteiger partial charge in [-0.1, -0.05) is 30.3 Å². The first-order chi connectivity index (χ1) is 8.99. The second kappa shape index (κ2) is 7.41. The molecule has 0 spiro atoms. The van der Waals surface area contributed by atoms with Crippen molar-refractivity contribution in [3.05, 3.63) is 35.9 Å². The van der Waals surface area contributed by atoms with E-state index in [1.54, 1.807) is 0 Å². The van der Waals surface area contributed by atoms with Crippen LogP contribution in [0.2, 0.25) is 0 Å². The predicted octanol–water partition coefficient (Wildman–Crippen LogP) is 1.78. The number of amides is 2. The highest BCUT2D eigenvalue weighted by Crippen LogP contribution is 2.04. The standard InChI is InChI=1S/C14H20N2O3/c1-10(8-9-12-6-4-3-5-7-12)15-13(17)11(2)16-14(18)19/h3-7,10-11,16H,8-9H2,1-2H3,(H,15,17)(H,18,19). The minimum absolute atomic E-state index is 0.00533. The lowest BCUT2D eigenvalue weighted by Gasteiger charge is -2.17. The number of benzene rings is 1. The van der Waals surface area contributed by atoms with Crippen molar-refractivity contribution in [1.82, 2.24) is 10.6 Å². The third kappa shape index (κ3) is 5.90. The van der Waals surface area contributed by atoms with Crippen molar-refractivity contribution in [2.45, 2.75) is 38.8 Å². The third-order valence-electron chi connectivity index (χ3n) is 2.83. The zero-order valence-electron chi connectivity index (χ0n) is 11.2. The number of carbonyl (C=O) groups excluding carboxylic acids is 1. The topological polar surface area (TPSA) is 78.4 Å². The van der Waals surface area contributed by atoms with Gasteiger partial charge in [0.15, 0.2) is 0 Å². The molecule has 1 rings (SSSR count). The molecular weight excluding hydrogens is 244 g/mol. The van der Waals surface area contributed by atoms with Gasteiger partial charge in [-0.2, -0.15) is 0 Å². The van der Waals surface area contributed by atoms with Crippen LogP contribution < -0.4 is 10.6 Å². The summed E-state index contributed by atoms with van der Waals surface area (Å²) in [4.78, 5) is 22.1. The van der Waals surface area contributed by atoms with Gasteiger partial charge in [0, 0.05) is 6.04 Å². The summed E-state index contributed by atoms with van der Waals surface area (Å²) < 4.78 is 0. The molecule has 0 radical (unpaired) electrons. The maximum Gasteiger partial charge on any atom is 0.405 e. The number of rotatable bonds is 6. The van der Waals surface area contributed by atoms with Crippen molar-refractivity contribution in [2.75, 3.05) is 0 Å². The highest BCUT2D eigenvalue weighted by molar-refractivity contribution is 5.84. The summed E-state index contributed by atoms with van der Waals surface area (Å²) in [5, 5.41) is 13.4. The minimum atomic E-state index is -1.19. The van der Waals surface area contributed by atoms with Gasteiger partial charge in [0.2, 0.25) is 5.91 Å². The molecule has 0 aliphatic rings. The van der Waals surface area contributed by atoms with Gasteiger partial charge < -0.3 is 15.7 Å². The van der Waals surface area contributed by atoms with Gasteiger partial charge in [-0.25, -0.2) is 4.79 Å². The Kier molecular flexibility index (Phi) is 5.85. The fourth-order valence-electron chi connectivity index (χ4n) is 1.72. The largest absolute Gasteiger partial charge is 0.465 e. The Morgan fingerprint density at radius 1 is 1.16 bits per heavy atom. The average molecular weight is 264 g/mol. The fraction of sp³-hybridized carbons (Fsp3) is 0.429. The lowest BCUT2D eigenvalue weighted by molar-refractivity contribution is -0.123. The lowest BCUT2D eigenvalue weighted by atomic mass is 10.1. The summed E-state index contributed by atoms with van der Waals surface area (Å²) in [6.07, 6.45) is 0.498. The van der Waals surface area contributed by atoms with Gasteiger partial charge in [-0.05, 0) is 32.3 Å². The van der Waals surface area contributed by atoms with E-state index >= 15 is 0 Å². The van der Waals surface area contributed by atoms with Gasteiger partial charge >= 0.3 is 6.09 Å². The number of carbonyl (C=O) groups is 2. The molecule has 2 amide bonds. The summed E-state index contributed by atoms with van der Waals surface area (Å²) in [6, 6.07) is 9.29. The molecule has 0 saturated heterocycles. The molecule has 0 aromatic heterocycles. The van der Waals surface area contributed by atoms with Crippen molar-refractivity contribution in [2.24, 2.45) is 0 Å². The molecule has 0 heterocycles. The molecule has 5 heteroatoms. The predicted molar refractivity (Wildman–Crippen MR) is 73.0 cm³/mol. The van der Waals surface area contributed by atoms with Crippen LogP contribution in [0.15, 0.2) is 30.3 Å². The van der Waals surface area contributed by atoms with Crippen molar-refractivity contribution in [3.63, 3.8) is 0 Å². The third-order valence-corrected chi connectivity index (χ3v) is 2.83. The molecule has 0 bridgehead atoms. The van der Waals surface area contributed by atoms with Crippen molar-refractivity contribution in [1.29, 1.82) is 0 Å². The molecule has 0 aliphatic heterocycles. The lowest BCUT2D eigenvalue weighted by Crippen LogP contribution is -2.47. The zero-order valence-corrected chi connectivity index (χ0v) is 11.2. The second-order valence-electron chi connectivity index (χ2n) is 4.61. The Morgan fingerprint density at radius 2 is 1.79 bits per heavy atom. The molecule has 2 atom stereocenters. The van der Waals surface area contributed by atoms with Gasteiger partial charge in [-0.15, -0.1) is 0 Å². The van der Waals surface area contributed by atoms with E-state index in [1.807, 2.05) is 37.3 Å². The number of aryl methyl sites for hydroxylation is 1. The monoisotopic (exact) mass is 264 g/mol. The average Bonchev–Trinajstić information content (AvgIpc) is 2.36. The maximum absolute atomic E-state index is 11.7. The molecule has 3 N–H and O–H groups in total. The van der Waals surface area contributed by atoms with Crippen LogP contribution in [-0.4, -0.2) is 29.2 Å². The van der Waals surface area contributed by atoms with Crippen LogP contribution in [0.5, 0.6) is 0 Å². The van der Waals surface area contributed by atoms with Crippen LogP contribution in [0, 0.1) is 0 Å². The molecule has 0 fully saturated rings. The first kappa shape index (κ1) is 15.0. The zero-order chi connectivity index (χ0) is 14.3. The summed E-state index contributed by atoms with van der Waals surface area (Å²) in [5.74, 6) is -0.303. The summed E-state index contributed by atoms with van der Waals surface area (Å²) >= 11 is 0. The number of hydrogen-bond donors (Lipinski definition) is 3. The van der Waals surface area contributed by atoms with E-state index in [4.69, 9.17) is 5.11 Å². The van der Waals surface area contributed by atoms with Gasteiger partial charge in [0.1, 0.15) is 6.04 Å². The van der Waals surface area contributed by atoms with Gasteiger partial charge in [-0.3, -0.25) is 4.79 Å². The van der Waals surface area contributed by atoms with Crippen molar-refractivity contribution in [3.8, 4) is 0 Å².